The highest BCUT2D eigenvalue weighted by Crippen LogP contribution is 2.35. The number of ketones is 1. The Labute approximate surface area is 97.0 Å². The van der Waals surface area contributed by atoms with Gasteiger partial charge in [0.1, 0.15) is 12.0 Å². The van der Waals surface area contributed by atoms with Crippen LogP contribution in [0.25, 0.3) is 0 Å². The topological polar surface area (TPSA) is 30.2 Å². The van der Waals surface area contributed by atoms with Gasteiger partial charge in [-0.1, -0.05) is 13.8 Å². The Morgan fingerprint density at radius 2 is 2.06 bits per heavy atom. The molecule has 2 heteroatoms. The van der Waals surface area contributed by atoms with Crippen molar-refractivity contribution in [1.82, 2.24) is 0 Å². The van der Waals surface area contributed by atoms with E-state index in [-0.39, 0.29) is 11.7 Å². The average Bonchev–Trinajstić information content (AvgIpc) is 2.68. The van der Waals surface area contributed by atoms with Gasteiger partial charge in [-0.3, -0.25) is 4.79 Å². The SMILES string of the molecule is Cc1cc(C(=O)C2CCC(C)C(C)C2)co1. The summed E-state index contributed by atoms with van der Waals surface area (Å²) in [6, 6.07) is 1.85. The van der Waals surface area contributed by atoms with Gasteiger partial charge in [-0.25, -0.2) is 0 Å². The molecule has 0 spiro atoms. The summed E-state index contributed by atoms with van der Waals surface area (Å²) < 4.78 is 5.20. The monoisotopic (exact) mass is 220 g/mol. The van der Waals surface area contributed by atoms with Gasteiger partial charge in [0.2, 0.25) is 0 Å². The predicted octanol–water partition coefficient (Wildman–Crippen LogP) is 3.84. The lowest BCUT2D eigenvalue weighted by atomic mass is 9.73. The molecule has 1 heterocycles. The Balaban J connectivity index is 2.06. The van der Waals surface area contributed by atoms with Gasteiger partial charge < -0.3 is 4.42 Å². The minimum Gasteiger partial charge on any atom is -0.469 e. The highest BCUT2D eigenvalue weighted by molar-refractivity contribution is 5.97. The molecule has 1 aromatic heterocycles. The molecule has 2 rings (SSSR count). The second-order valence-corrected chi connectivity index (χ2v) is 5.27. The summed E-state index contributed by atoms with van der Waals surface area (Å²) >= 11 is 0. The quantitative estimate of drug-likeness (QED) is 0.709. The van der Waals surface area contributed by atoms with Crippen molar-refractivity contribution in [3.05, 3.63) is 23.7 Å². The summed E-state index contributed by atoms with van der Waals surface area (Å²) in [5.41, 5.74) is 0.754. The lowest BCUT2D eigenvalue weighted by molar-refractivity contribution is 0.0837. The summed E-state index contributed by atoms with van der Waals surface area (Å²) in [6.45, 7) is 6.42. The zero-order valence-corrected chi connectivity index (χ0v) is 10.3. The van der Waals surface area contributed by atoms with E-state index in [1.54, 1.807) is 6.26 Å². The first-order chi connectivity index (χ1) is 7.58. The van der Waals surface area contributed by atoms with Crippen molar-refractivity contribution in [3.8, 4) is 0 Å². The van der Waals surface area contributed by atoms with Crippen LogP contribution < -0.4 is 0 Å². The number of Topliss-reactive ketones (excluding diaryl/α,β-unsaturated/α-hetero) is 1. The number of carbonyl (C=O) groups is 1. The first-order valence-corrected chi connectivity index (χ1v) is 6.17. The molecule has 0 saturated heterocycles. The fraction of sp³-hybridized carbons (Fsp3) is 0.643. The smallest absolute Gasteiger partial charge is 0.169 e. The molecule has 0 aliphatic heterocycles. The molecule has 2 nitrogen and oxygen atoms in total. The zero-order chi connectivity index (χ0) is 11.7. The van der Waals surface area contributed by atoms with Crippen LogP contribution in [0.1, 0.15) is 49.2 Å². The van der Waals surface area contributed by atoms with Crippen LogP contribution in [0.5, 0.6) is 0 Å². The van der Waals surface area contributed by atoms with Crippen molar-refractivity contribution in [2.45, 2.75) is 40.0 Å². The van der Waals surface area contributed by atoms with Gasteiger partial charge in [-0.15, -0.1) is 0 Å². The van der Waals surface area contributed by atoms with E-state index in [9.17, 15) is 4.79 Å². The highest BCUT2D eigenvalue weighted by atomic mass is 16.3. The number of aryl methyl sites for hydroxylation is 1. The van der Waals surface area contributed by atoms with E-state index in [0.717, 1.165) is 30.1 Å². The molecule has 0 amide bonds. The molecule has 1 aliphatic carbocycles. The van der Waals surface area contributed by atoms with E-state index < -0.39 is 0 Å². The van der Waals surface area contributed by atoms with E-state index in [4.69, 9.17) is 4.42 Å². The second-order valence-electron chi connectivity index (χ2n) is 5.27. The average molecular weight is 220 g/mol. The lowest BCUT2D eigenvalue weighted by Crippen LogP contribution is -2.26. The molecule has 0 N–H and O–H groups in total. The first kappa shape index (κ1) is 11.4. The fourth-order valence-corrected chi connectivity index (χ4v) is 2.59. The van der Waals surface area contributed by atoms with E-state index >= 15 is 0 Å². The van der Waals surface area contributed by atoms with E-state index in [1.165, 1.54) is 6.42 Å². The Morgan fingerprint density at radius 1 is 1.31 bits per heavy atom. The van der Waals surface area contributed by atoms with Crippen LogP contribution in [0.2, 0.25) is 0 Å². The van der Waals surface area contributed by atoms with E-state index in [1.807, 2.05) is 13.0 Å². The molecular weight excluding hydrogens is 200 g/mol. The maximum absolute atomic E-state index is 12.2. The number of hydrogen-bond donors (Lipinski definition) is 0. The first-order valence-electron chi connectivity index (χ1n) is 6.17. The summed E-state index contributed by atoms with van der Waals surface area (Å²) in [5.74, 6) is 2.73. The van der Waals surface area contributed by atoms with Gasteiger partial charge in [-0.05, 0) is 44.1 Å². The van der Waals surface area contributed by atoms with Crippen molar-refractivity contribution >= 4 is 5.78 Å². The molecule has 1 aromatic rings. The van der Waals surface area contributed by atoms with Crippen LogP contribution >= 0.6 is 0 Å². The van der Waals surface area contributed by atoms with Crippen molar-refractivity contribution in [2.24, 2.45) is 17.8 Å². The van der Waals surface area contributed by atoms with Crippen LogP contribution in [0.3, 0.4) is 0 Å². The Morgan fingerprint density at radius 3 is 2.62 bits per heavy atom. The summed E-state index contributed by atoms with van der Waals surface area (Å²) in [7, 11) is 0. The molecular formula is C14H20O2. The molecule has 3 atom stereocenters. The summed E-state index contributed by atoms with van der Waals surface area (Å²) in [6.07, 6.45) is 4.84. The highest BCUT2D eigenvalue weighted by Gasteiger charge is 2.30. The van der Waals surface area contributed by atoms with Gasteiger partial charge in [-0.2, -0.15) is 0 Å². The zero-order valence-electron chi connectivity index (χ0n) is 10.3. The molecule has 0 bridgehead atoms. The Kier molecular flexibility index (Phi) is 3.17. The van der Waals surface area contributed by atoms with Crippen LogP contribution in [-0.4, -0.2) is 5.78 Å². The van der Waals surface area contributed by atoms with Crippen LogP contribution in [0, 0.1) is 24.7 Å². The number of rotatable bonds is 2. The van der Waals surface area contributed by atoms with Gasteiger partial charge in [0, 0.05) is 5.92 Å². The minimum atomic E-state index is 0.211. The molecule has 1 saturated carbocycles. The summed E-state index contributed by atoms with van der Waals surface area (Å²) in [5, 5.41) is 0. The largest absolute Gasteiger partial charge is 0.469 e. The fourth-order valence-electron chi connectivity index (χ4n) is 2.59. The van der Waals surface area contributed by atoms with E-state index in [2.05, 4.69) is 13.8 Å². The third-order valence-corrected chi connectivity index (χ3v) is 3.98. The second kappa shape index (κ2) is 4.44. The standard InChI is InChI=1S/C14H20O2/c1-9-4-5-12(6-10(9)2)14(15)13-7-11(3)16-8-13/h7-10,12H,4-6H2,1-3H3. The minimum absolute atomic E-state index is 0.211. The van der Waals surface area contributed by atoms with Crippen LogP contribution in [0.15, 0.2) is 16.7 Å². The normalized spacial score (nSPS) is 30.3. The predicted molar refractivity (Wildman–Crippen MR) is 63.4 cm³/mol. The Bertz CT molecular complexity index is 378. The lowest BCUT2D eigenvalue weighted by Gasteiger charge is -2.30. The van der Waals surface area contributed by atoms with Gasteiger partial charge in [0.15, 0.2) is 5.78 Å². The molecule has 0 radical (unpaired) electrons. The van der Waals surface area contributed by atoms with E-state index in [0.29, 0.717) is 5.92 Å². The third-order valence-electron chi connectivity index (χ3n) is 3.98. The maximum atomic E-state index is 12.2. The molecule has 3 unspecified atom stereocenters. The van der Waals surface area contributed by atoms with Gasteiger partial charge in [0.25, 0.3) is 0 Å². The third kappa shape index (κ3) is 2.21. The van der Waals surface area contributed by atoms with Crippen LogP contribution in [-0.2, 0) is 0 Å². The number of hydrogen-bond acceptors (Lipinski definition) is 2. The van der Waals surface area contributed by atoms with Crippen molar-refractivity contribution in [3.63, 3.8) is 0 Å². The summed E-state index contributed by atoms with van der Waals surface area (Å²) in [4.78, 5) is 12.2. The molecule has 0 aromatic carbocycles. The van der Waals surface area contributed by atoms with Crippen molar-refractivity contribution in [2.75, 3.05) is 0 Å². The van der Waals surface area contributed by atoms with Crippen molar-refractivity contribution in [1.29, 1.82) is 0 Å². The molecule has 88 valence electrons. The molecule has 1 aliphatic rings. The Hall–Kier alpha value is -1.05. The number of furan rings is 1. The van der Waals surface area contributed by atoms with Crippen LogP contribution in [0.4, 0.5) is 0 Å². The number of carbonyl (C=O) groups excluding carboxylic acids is 1. The van der Waals surface area contributed by atoms with Gasteiger partial charge >= 0.3 is 0 Å². The molecule has 16 heavy (non-hydrogen) atoms. The van der Waals surface area contributed by atoms with Gasteiger partial charge in [0.05, 0.1) is 5.56 Å². The molecule has 1 fully saturated rings. The maximum Gasteiger partial charge on any atom is 0.169 e. The van der Waals surface area contributed by atoms with Crippen molar-refractivity contribution < 1.29 is 9.21 Å².